The molecular weight excluding hydrogens is 499 g/mol. The monoisotopic (exact) mass is 524 g/mol. The van der Waals surface area contributed by atoms with Crippen LogP contribution in [0.5, 0.6) is 5.75 Å². The Bertz CT molecular complexity index is 1390. The van der Waals surface area contributed by atoms with Crippen molar-refractivity contribution in [3.63, 3.8) is 0 Å². The highest BCUT2D eigenvalue weighted by Crippen LogP contribution is 2.81. The molecule has 0 aliphatic carbocycles. The van der Waals surface area contributed by atoms with Gasteiger partial charge in [-0.3, -0.25) is 9.11 Å². The van der Waals surface area contributed by atoms with Crippen molar-refractivity contribution in [2.24, 2.45) is 0 Å². The molecule has 4 rings (SSSR count). The molecule has 0 aliphatic rings. The lowest BCUT2D eigenvalue weighted by molar-refractivity contribution is -0.130. The molecule has 0 radical (unpaired) electrons. The van der Waals surface area contributed by atoms with Crippen LogP contribution >= 0.6 is 9.06 Å². The third-order valence-electron chi connectivity index (χ3n) is 5.51. The van der Waals surface area contributed by atoms with Crippen LogP contribution in [0.1, 0.15) is 6.92 Å². The zero-order chi connectivity index (χ0) is 26.0. The minimum Gasteiger partial charge on any atom is -0.423 e. The van der Waals surface area contributed by atoms with E-state index in [0.29, 0.717) is 14.7 Å². The lowest BCUT2D eigenvalue weighted by Crippen LogP contribution is -2.39. The maximum absolute atomic E-state index is 15.6. The Morgan fingerprint density at radius 3 is 1.58 bits per heavy atom. The molecule has 186 valence electrons. The van der Waals surface area contributed by atoms with Crippen molar-refractivity contribution in [2.45, 2.75) is 26.5 Å². The van der Waals surface area contributed by atoms with Crippen molar-refractivity contribution in [2.75, 3.05) is 0 Å². The zero-order valence-corrected chi connectivity index (χ0v) is 21.0. The highest BCUT2D eigenvalue weighted by Gasteiger charge is 2.56. The Morgan fingerprint density at radius 2 is 1.22 bits per heavy atom. The van der Waals surface area contributed by atoms with Crippen molar-refractivity contribution in [3.05, 3.63) is 127 Å². The summed E-state index contributed by atoms with van der Waals surface area (Å²) in [5.74, 6) is -2.15. The van der Waals surface area contributed by atoms with Crippen LogP contribution in [0.3, 0.4) is 0 Å². The largest absolute Gasteiger partial charge is 0.423 e. The summed E-state index contributed by atoms with van der Waals surface area (Å²) in [7, 11) is -9.52. The van der Waals surface area contributed by atoms with Gasteiger partial charge in [-0.15, -0.1) is 0 Å². The summed E-state index contributed by atoms with van der Waals surface area (Å²) in [4.78, 5) is 12.2. The number of carbonyl (C=O) groups excluding carboxylic acids is 1. The SMILES string of the molecule is C=C(C)C(=O)Oc1ccc(S(=O)(O)(O)S(c2ccccc2)(c2ccccc2)c2ccccc2)c(F)c1. The summed E-state index contributed by atoms with van der Waals surface area (Å²) >= 11 is 0. The number of hydrogen-bond donors (Lipinski definition) is 2. The normalized spacial score (nSPS) is 13.3. The van der Waals surface area contributed by atoms with Gasteiger partial charge in [-0.2, -0.15) is 0 Å². The van der Waals surface area contributed by atoms with Crippen LogP contribution < -0.4 is 4.74 Å². The van der Waals surface area contributed by atoms with Gasteiger partial charge in [0.15, 0.2) is 8.66 Å². The smallest absolute Gasteiger partial charge is 0.338 e. The van der Waals surface area contributed by atoms with Gasteiger partial charge in [0.2, 0.25) is 0 Å². The second-order valence-corrected chi connectivity index (χ2v) is 15.9. The number of halogens is 1. The van der Waals surface area contributed by atoms with E-state index in [2.05, 4.69) is 6.58 Å². The standard InChI is InChI=1S/C28H25FO5S2/c1-21(2)28(30)34-22-18-19-27(26(29)20-22)36(31,32,33)35(23-12-6-3-7-13-23,24-14-8-4-9-15-24)25-16-10-5-11-17-25/h3-20H,1H2,2H3,(H2,31,32,33). The fourth-order valence-corrected chi connectivity index (χ4v) is 13.7. The molecule has 8 heteroatoms. The molecule has 0 spiro atoms. The van der Waals surface area contributed by atoms with E-state index in [1.165, 1.54) is 13.0 Å². The van der Waals surface area contributed by atoms with Gasteiger partial charge in [-0.1, -0.05) is 70.2 Å². The van der Waals surface area contributed by atoms with Crippen molar-refractivity contribution in [1.29, 1.82) is 0 Å². The Kier molecular flexibility index (Phi) is 6.72. The van der Waals surface area contributed by atoms with Crippen molar-refractivity contribution < 1.29 is 27.2 Å². The van der Waals surface area contributed by atoms with Gasteiger partial charge in [0.05, 0.1) is 0 Å². The van der Waals surface area contributed by atoms with Crippen LogP contribution in [-0.2, 0) is 13.5 Å². The van der Waals surface area contributed by atoms with E-state index in [4.69, 9.17) is 4.74 Å². The number of ether oxygens (including phenoxy) is 1. The second kappa shape index (κ2) is 9.48. The first-order chi connectivity index (χ1) is 17.1. The summed E-state index contributed by atoms with van der Waals surface area (Å²) in [6, 6.07) is 28.3. The molecule has 0 saturated heterocycles. The summed E-state index contributed by atoms with van der Waals surface area (Å²) in [6.45, 7) is 4.92. The average molecular weight is 525 g/mol. The summed E-state index contributed by atoms with van der Waals surface area (Å²) < 4.78 is 59.7. The van der Waals surface area contributed by atoms with E-state index in [0.717, 1.165) is 12.1 Å². The first-order valence-electron chi connectivity index (χ1n) is 10.9. The van der Waals surface area contributed by atoms with Gasteiger partial charge in [-0.05, 0) is 55.5 Å². The molecule has 4 aromatic rings. The summed E-state index contributed by atoms with van der Waals surface area (Å²) in [6.07, 6.45) is 0. The number of rotatable bonds is 7. The zero-order valence-electron chi connectivity index (χ0n) is 19.4. The minimum atomic E-state index is -6.09. The van der Waals surface area contributed by atoms with Gasteiger partial charge in [0, 0.05) is 26.3 Å². The topological polar surface area (TPSA) is 83.8 Å². The Labute approximate surface area is 210 Å². The molecule has 0 heterocycles. The van der Waals surface area contributed by atoms with E-state index in [1.54, 1.807) is 91.0 Å². The lowest BCUT2D eigenvalue weighted by atomic mass is 10.3. The lowest BCUT2D eigenvalue weighted by Gasteiger charge is -2.54. The molecule has 0 fully saturated rings. The fraction of sp³-hybridized carbons (Fsp3) is 0.0357. The van der Waals surface area contributed by atoms with Crippen LogP contribution in [0.25, 0.3) is 0 Å². The van der Waals surface area contributed by atoms with Gasteiger partial charge in [0.1, 0.15) is 16.5 Å². The highest BCUT2D eigenvalue weighted by atomic mass is 33.2. The number of carbonyl (C=O) groups is 1. The molecule has 2 N–H and O–H groups in total. The molecule has 0 unspecified atom stereocenters. The molecule has 0 aromatic heterocycles. The van der Waals surface area contributed by atoms with E-state index < -0.39 is 34.4 Å². The third kappa shape index (κ3) is 4.18. The first-order valence-corrected chi connectivity index (χ1v) is 14.9. The maximum atomic E-state index is 15.6. The van der Waals surface area contributed by atoms with Gasteiger partial charge >= 0.3 is 5.97 Å². The fourth-order valence-electron chi connectivity index (χ4n) is 3.92. The number of benzene rings is 4. The molecule has 36 heavy (non-hydrogen) atoms. The second-order valence-electron chi connectivity index (χ2n) is 8.05. The van der Waals surface area contributed by atoms with Crippen LogP contribution in [0.2, 0.25) is 0 Å². The molecule has 0 bridgehead atoms. The Morgan fingerprint density at radius 1 is 0.806 bits per heavy atom. The predicted molar refractivity (Wildman–Crippen MR) is 140 cm³/mol. The molecule has 0 amide bonds. The molecule has 0 atom stereocenters. The van der Waals surface area contributed by atoms with E-state index in [-0.39, 0.29) is 11.3 Å². The van der Waals surface area contributed by atoms with Crippen LogP contribution in [0.15, 0.2) is 141 Å². The molecule has 0 saturated carbocycles. The van der Waals surface area contributed by atoms with E-state index in [9.17, 15) is 18.1 Å². The van der Waals surface area contributed by atoms with Gasteiger partial charge in [0.25, 0.3) is 0 Å². The Hall–Kier alpha value is -3.56. The van der Waals surface area contributed by atoms with Crippen molar-refractivity contribution in [3.8, 4) is 5.75 Å². The first kappa shape index (κ1) is 25.5. The summed E-state index contributed by atoms with van der Waals surface area (Å²) in [5.41, 5.74) is 0.103. The van der Waals surface area contributed by atoms with Crippen LogP contribution in [0, 0.1) is 5.82 Å². The van der Waals surface area contributed by atoms with Gasteiger partial charge < -0.3 is 4.74 Å². The molecular formula is C28H25FO5S2. The van der Waals surface area contributed by atoms with Crippen LogP contribution in [0.4, 0.5) is 4.39 Å². The summed E-state index contributed by atoms with van der Waals surface area (Å²) in [5, 5.41) is 0. The van der Waals surface area contributed by atoms with E-state index >= 15 is 4.39 Å². The highest BCUT2D eigenvalue weighted by molar-refractivity contribution is 8.97. The maximum Gasteiger partial charge on any atom is 0.338 e. The van der Waals surface area contributed by atoms with Crippen LogP contribution in [-0.4, -0.2) is 19.3 Å². The average Bonchev–Trinajstić information content (AvgIpc) is 2.86. The Balaban J connectivity index is 2.08. The molecule has 0 aliphatic heterocycles. The predicted octanol–water partition coefficient (Wildman–Crippen LogP) is 7.33. The minimum absolute atomic E-state index is 0.103. The third-order valence-corrected chi connectivity index (χ3v) is 15.3. The van der Waals surface area contributed by atoms with Crippen molar-refractivity contribution >= 4 is 23.7 Å². The van der Waals surface area contributed by atoms with Crippen molar-refractivity contribution in [1.82, 2.24) is 0 Å². The molecule has 4 aromatic carbocycles. The van der Waals surface area contributed by atoms with E-state index in [1.807, 2.05) is 0 Å². The van der Waals surface area contributed by atoms with Gasteiger partial charge in [-0.25, -0.2) is 13.4 Å². The number of esters is 1. The molecule has 5 nitrogen and oxygen atoms in total. The quantitative estimate of drug-likeness (QED) is 0.114. The number of hydrogen-bond acceptors (Lipinski definition) is 3.